The number of thiazole rings is 1. The van der Waals surface area contributed by atoms with E-state index >= 15 is 0 Å². The summed E-state index contributed by atoms with van der Waals surface area (Å²) < 4.78 is 10.7. The lowest BCUT2D eigenvalue weighted by Crippen LogP contribution is -2.26. The molecule has 0 spiro atoms. The molecule has 0 atom stereocenters. The molecule has 7 nitrogen and oxygen atoms in total. The number of hydrogen-bond donors (Lipinski definition) is 0. The minimum absolute atomic E-state index is 0.0710. The quantitative estimate of drug-likeness (QED) is 0.388. The van der Waals surface area contributed by atoms with E-state index in [1.54, 1.807) is 47.7 Å². The van der Waals surface area contributed by atoms with Crippen LogP contribution in [0.4, 0.5) is 5.13 Å². The molecule has 0 unspecified atom stereocenters. The normalized spacial score (nSPS) is 15.0. The van der Waals surface area contributed by atoms with Crippen molar-refractivity contribution in [1.29, 1.82) is 0 Å². The minimum Gasteiger partial charge on any atom is -0.495 e. The molecule has 0 bridgehead atoms. The van der Waals surface area contributed by atoms with Gasteiger partial charge in [0.15, 0.2) is 5.13 Å². The maximum atomic E-state index is 13.0. The van der Waals surface area contributed by atoms with Gasteiger partial charge in [0.1, 0.15) is 16.7 Å². The lowest BCUT2D eigenvalue weighted by molar-refractivity contribution is 0.0750. The van der Waals surface area contributed by atoms with Gasteiger partial charge in [-0.1, -0.05) is 40.6 Å². The van der Waals surface area contributed by atoms with Crippen molar-refractivity contribution < 1.29 is 14.3 Å². The van der Waals surface area contributed by atoms with Crippen molar-refractivity contribution in [2.24, 2.45) is 0 Å². The van der Waals surface area contributed by atoms with Crippen molar-refractivity contribution in [3.63, 3.8) is 0 Å². The molecule has 0 radical (unpaired) electrons. The molecule has 0 saturated carbocycles. The van der Waals surface area contributed by atoms with E-state index in [1.807, 2.05) is 6.07 Å². The third-order valence-corrected chi connectivity index (χ3v) is 7.63. The third kappa shape index (κ3) is 4.49. The van der Waals surface area contributed by atoms with E-state index in [0.717, 1.165) is 32.5 Å². The van der Waals surface area contributed by atoms with Gasteiger partial charge in [0.25, 0.3) is 5.91 Å². The molecule has 0 N–H and O–H groups in total. The molecule has 2 aliphatic rings. The standard InChI is InChI=1S/C25H22Cl2N4O3S/c1-14-8-15(17-10-23(27)28-11-21(17)34-3)6-7-31(14)25-29-19-12-30(13-22(19)35-25)24(32)16-4-5-18(26)20(9-16)33-2/h4-6,8-11H,7,12-13H2,1-3H3. The number of halogens is 2. The summed E-state index contributed by atoms with van der Waals surface area (Å²) in [6, 6.07) is 6.88. The van der Waals surface area contributed by atoms with Gasteiger partial charge in [-0.2, -0.15) is 0 Å². The SMILES string of the molecule is COc1cc(C(=O)N2Cc3nc(N4CC=C(c5cc(Cl)ncc5OC)C=C4C)sc3C2)ccc1Cl. The highest BCUT2D eigenvalue weighted by molar-refractivity contribution is 7.15. The Kier molecular flexibility index (Phi) is 6.44. The second kappa shape index (κ2) is 9.53. The maximum Gasteiger partial charge on any atom is 0.254 e. The van der Waals surface area contributed by atoms with Gasteiger partial charge in [0.05, 0.1) is 49.1 Å². The number of aromatic nitrogens is 2. The third-order valence-electron chi connectivity index (χ3n) is 6.01. The first-order valence-electron chi connectivity index (χ1n) is 10.8. The van der Waals surface area contributed by atoms with E-state index in [-0.39, 0.29) is 5.91 Å². The molecular formula is C25H22Cl2N4O3S. The summed E-state index contributed by atoms with van der Waals surface area (Å²) >= 11 is 13.8. The molecule has 10 heteroatoms. The average molecular weight is 529 g/mol. The summed E-state index contributed by atoms with van der Waals surface area (Å²) in [5, 5.41) is 1.81. The van der Waals surface area contributed by atoms with Crippen molar-refractivity contribution >= 4 is 51.2 Å². The number of hydrogen-bond acceptors (Lipinski definition) is 7. The number of methoxy groups -OCH3 is 2. The van der Waals surface area contributed by atoms with Crippen LogP contribution in [0.5, 0.6) is 11.5 Å². The number of carbonyl (C=O) groups is 1. The molecule has 1 aromatic carbocycles. The van der Waals surface area contributed by atoms with Gasteiger partial charge in [0.2, 0.25) is 0 Å². The lowest BCUT2D eigenvalue weighted by Gasteiger charge is -2.26. The van der Waals surface area contributed by atoms with Crippen LogP contribution in [-0.2, 0) is 13.1 Å². The van der Waals surface area contributed by atoms with Crippen molar-refractivity contribution in [3.8, 4) is 11.5 Å². The number of pyridine rings is 1. The smallest absolute Gasteiger partial charge is 0.254 e. The number of allylic oxidation sites excluding steroid dienone is 3. The summed E-state index contributed by atoms with van der Waals surface area (Å²) in [5.41, 5.74) is 4.47. The summed E-state index contributed by atoms with van der Waals surface area (Å²) in [4.78, 5) is 27.0. The Morgan fingerprint density at radius 2 is 1.91 bits per heavy atom. The summed E-state index contributed by atoms with van der Waals surface area (Å²) in [5.74, 6) is 1.09. The first-order valence-corrected chi connectivity index (χ1v) is 12.4. The van der Waals surface area contributed by atoms with Gasteiger partial charge >= 0.3 is 0 Å². The summed E-state index contributed by atoms with van der Waals surface area (Å²) in [6.07, 6.45) is 5.85. The second-order valence-electron chi connectivity index (χ2n) is 8.14. The Bertz CT molecular complexity index is 1360. The van der Waals surface area contributed by atoms with Gasteiger partial charge in [-0.15, -0.1) is 0 Å². The highest BCUT2D eigenvalue weighted by Gasteiger charge is 2.30. The lowest BCUT2D eigenvalue weighted by atomic mass is 10.0. The number of amides is 1. The predicted octanol–water partition coefficient (Wildman–Crippen LogP) is 5.83. The molecule has 35 heavy (non-hydrogen) atoms. The fraction of sp³-hybridized carbons (Fsp3) is 0.240. The number of nitrogens with zero attached hydrogens (tertiary/aromatic N) is 4. The Morgan fingerprint density at radius 1 is 1.11 bits per heavy atom. The van der Waals surface area contributed by atoms with Crippen LogP contribution in [0.3, 0.4) is 0 Å². The van der Waals surface area contributed by atoms with Gasteiger partial charge in [-0.05, 0) is 42.8 Å². The monoisotopic (exact) mass is 528 g/mol. The van der Waals surface area contributed by atoms with E-state index in [9.17, 15) is 4.79 Å². The predicted molar refractivity (Wildman–Crippen MR) is 139 cm³/mol. The van der Waals surface area contributed by atoms with Crippen molar-refractivity contribution in [2.45, 2.75) is 20.0 Å². The molecule has 5 rings (SSSR count). The van der Waals surface area contributed by atoms with Crippen molar-refractivity contribution in [1.82, 2.24) is 14.9 Å². The Balaban J connectivity index is 1.31. The zero-order valence-electron chi connectivity index (χ0n) is 19.3. The van der Waals surface area contributed by atoms with E-state index in [4.69, 9.17) is 37.7 Å². The fourth-order valence-electron chi connectivity index (χ4n) is 4.18. The molecule has 0 saturated heterocycles. The van der Waals surface area contributed by atoms with E-state index in [0.29, 0.717) is 46.9 Å². The number of fused-ring (bicyclic) bond motifs is 1. The summed E-state index contributed by atoms with van der Waals surface area (Å²) in [7, 11) is 3.15. The first kappa shape index (κ1) is 23.7. The molecule has 3 aromatic rings. The molecule has 2 aromatic heterocycles. The van der Waals surface area contributed by atoms with Crippen molar-refractivity contribution in [2.75, 3.05) is 25.7 Å². The van der Waals surface area contributed by atoms with Crippen LogP contribution in [-0.4, -0.2) is 41.5 Å². The number of anilines is 1. The molecule has 4 heterocycles. The largest absolute Gasteiger partial charge is 0.495 e. The van der Waals surface area contributed by atoms with Crippen LogP contribution >= 0.6 is 34.5 Å². The molecule has 1 amide bonds. The van der Waals surface area contributed by atoms with Crippen LogP contribution < -0.4 is 14.4 Å². The van der Waals surface area contributed by atoms with Gasteiger partial charge in [0, 0.05) is 23.4 Å². The molecular weight excluding hydrogens is 507 g/mol. The zero-order chi connectivity index (χ0) is 24.7. The molecule has 0 fully saturated rings. The number of ether oxygens (including phenoxy) is 2. The van der Waals surface area contributed by atoms with Crippen LogP contribution in [0.1, 0.15) is 33.4 Å². The van der Waals surface area contributed by atoms with Crippen LogP contribution in [0, 0.1) is 0 Å². The van der Waals surface area contributed by atoms with E-state index < -0.39 is 0 Å². The topological polar surface area (TPSA) is 67.8 Å². The number of carbonyl (C=O) groups excluding carboxylic acids is 1. The zero-order valence-corrected chi connectivity index (χ0v) is 21.7. The van der Waals surface area contributed by atoms with Gasteiger partial charge in [-0.3, -0.25) is 4.79 Å². The average Bonchev–Trinajstić information content (AvgIpc) is 3.43. The Hall–Kier alpha value is -3.07. The highest BCUT2D eigenvalue weighted by Crippen LogP contribution is 2.38. The fourth-order valence-corrected chi connectivity index (χ4v) is 5.68. The maximum absolute atomic E-state index is 13.0. The van der Waals surface area contributed by atoms with Gasteiger partial charge < -0.3 is 19.3 Å². The first-order chi connectivity index (χ1) is 16.9. The van der Waals surface area contributed by atoms with E-state index in [2.05, 4.69) is 29.0 Å². The van der Waals surface area contributed by atoms with Crippen LogP contribution in [0.15, 0.2) is 48.3 Å². The Labute approximate surface area is 217 Å². The van der Waals surface area contributed by atoms with Gasteiger partial charge in [-0.25, -0.2) is 9.97 Å². The number of rotatable bonds is 5. The van der Waals surface area contributed by atoms with E-state index in [1.165, 1.54) is 7.11 Å². The second-order valence-corrected chi connectivity index (χ2v) is 10.00. The van der Waals surface area contributed by atoms with Crippen LogP contribution in [0.2, 0.25) is 10.2 Å². The summed E-state index contributed by atoms with van der Waals surface area (Å²) in [6.45, 7) is 3.72. The Morgan fingerprint density at radius 3 is 2.63 bits per heavy atom. The number of benzene rings is 1. The minimum atomic E-state index is -0.0710. The van der Waals surface area contributed by atoms with Crippen LogP contribution in [0.25, 0.3) is 5.57 Å². The van der Waals surface area contributed by atoms with Crippen molar-refractivity contribution in [3.05, 3.63) is 80.2 Å². The molecule has 180 valence electrons. The molecule has 0 aliphatic carbocycles. The molecule has 2 aliphatic heterocycles. The highest BCUT2D eigenvalue weighted by atomic mass is 35.5.